The molecule has 1 aliphatic carbocycles. The molecule has 2 heterocycles. The van der Waals surface area contributed by atoms with Crippen molar-refractivity contribution >= 4 is 32.4 Å². The molecule has 0 N–H and O–H groups in total. The molecule has 1 aliphatic rings. The van der Waals surface area contributed by atoms with Gasteiger partial charge in [0.25, 0.3) is 0 Å². The van der Waals surface area contributed by atoms with Crippen LogP contribution in [0.3, 0.4) is 0 Å². The molecule has 0 atom stereocenters. The highest BCUT2D eigenvalue weighted by Gasteiger charge is 2.48. The number of hydrogen-bond donors (Lipinski definition) is 0. The molecule has 9 aromatic rings. The van der Waals surface area contributed by atoms with E-state index in [1.54, 1.807) is 0 Å². The van der Waals surface area contributed by atoms with E-state index < -0.39 is 5.41 Å². The van der Waals surface area contributed by atoms with Crippen LogP contribution in [-0.4, -0.2) is 9.97 Å². The quantitative estimate of drug-likeness (QED) is 0.183. The Morgan fingerprint density at radius 1 is 0.367 bits per heavy atom. The molecule has 0 bridgehead atoms. The average Bonchev–Trinajstić information content (AvgIpc) is 3.49. The van der Waals surface area contributed by atoms with Crippen LogP contribution >= 0.6 is 0 Å². The van der Waals surface area contributed by atoms with Gasteiger partial charge in [0.05, 0.1) is 16.6 Å². The van der Waals surface area contributed by atoms with Crippen LogP contribution in [0.5, 0.6) is 0 Å². The van der Waals surface area contributed by atoms with Gasteiger partial charge in [-0.2, -0.15) is 0 Å². The van der Waals surface area contributed by atoms with Gasteiger partial charge in [-0.3, -0.25) is 9.97 Å². The minimum atomic E-state index is -0.586. The molecule has 2 heteroatoms. The molecule has 0 amide bonds. The van der Waals surface area contributed by atoms with Gasteiger partial charge in [0.1, 0.15) is 0 Å². The monoisotopic (exact) mass is 622 g/mol. The van der Waals surface area contributed by atoms with Crippen molar-refractivity contribution in [2.75, 3.05) is 0 Å². The molecule has 2 nitrogen and oxygen atoms in total. The summed E-state index contributed by atoms with van der Waals surface area (Å²) in [5.74, 6) is 0. The van der Waals surface area contributed by atoms with Crippen molar-refractivity contribution < 1.29 is 0 Å². The maximum Gasteiger partial charge on any atom is 0.0805 e. The Morgan fingerprint density at radius 2 is 0.857 bits per heavy atom. The van der Waals surface area contributed by atoms with Crippen LogP contribution in [0.25, 0.3) is 66.0 Å². The smallest absolute Gasteiger partial charge is 0.0805 e. The van der Waals surface area contributed by atoms with E-state index in [1.807, 2.05) is 12.4 Å². The van der Waals surface area contributed by atoms with Gasteiger partial charge in [0, 0.05) is 23.3 Å². The van der Waals surface area contributed by atoms with Gasteiger partial charge >= 0.3 is 0 Å². The second kappa shape index (κ2) is 10.8. The predicted molar refractivity (Wildman–Crippen MR) is 203 cm³/mol. The number of fused-ring (bicyclic) bond motifs is 7. The second-order valence-electron chi connectivity index (χ2n) is 12.8. The molecule has 0 saturated heterocycles. The topological polar surface area (TPSA) is 25.8 Å². The van der Waals surface area contributed by atoms with Crippen LogP contribution in [0.1, 0.15) is 22.3 Å². The van der Waals surface area contributed by atoms with Crippen LogP contribution in [-0.2, 0) is 5.41 Å². The van der Waals surface area contributed by atoms with E-state index in [9.17, 15) is 0 Å². The van der Waals surface area contributed by atoms with Crippen molar-refractivity contribution in [3.05, 3.63) is 205 Å². The largest absolute Gasteiger partial charge is 0.256 e. The molecule has 0 saturated carbocycles. The van der Waals surface area contributed by atoms with E-state index in [0.717, 1.165) is 22.2 Å². The normalized spacial score (nSPS) is 13.1. The lowest BCUT2D eigenvalue weighted by atomic mass is 9.67. The Bertz CT molecular complexity index is 2600. The fourth-order valence-electron chi connectivity index (χ4n) is 8.54. The first-order valence-electron chi connectivity index (χ1n) is 16.8. The van der Waals surface area contributed by atoms with Gasteiger partial charge in [-0.05, 0) is 84.3 Å². The van der Waals surface area contributed by atoms with Gasteiger partial charge in [0.15, 0.2) is 0 Å². The van der Waals surface area contributed by atoms with Gasteiger partial charge in [-0.1, -0.05) is 152 Å². The third-order valence-electron chi connectivity index (χ3n) is 10.4. The third-order valence-corrected chi connectivity index (χ3v) is 10.4. The molecule has 49 heavy (non-hydrogen) atoms. The van der Waals surface area contributed by atoms with Crippen LogP contribution in [0, 0.1) is 0 Å². The Hall–Kier alpha value is -6.38. The number of aromatic nitrogens is 2. The van der Waals surface area contributed by atoms with Crippen LogP contribution in [0.15, 0.2) is 182 Å². The summed E-state index contributed by atoms with van der Waals surface area (Å²) in [6.45, 7) is 0. The van der Waals surface area contributed by atoms with Gasteiger partial charge in [-0.25, -0.2) is 0 Å². The maximum absolute atomic E-state index is 5.18. The SMILES string of the molecule is c1ccc(-c2c3ccccc3c(-c3cc4c(c5ncccc35)-c3ncccc3C4(c3ccccc3)c3ccccc3)c3ccccc23)cc1. The molecule has 0 spiro atoms. The number of pyridine rings is 2. The summed E-state index contributed by atoms with van der Waals surface area (Å²) in [6, 6.07) is 61.5. The van der Waals surface area contributed by atoms with Crippen molar-refractivity contribution in [3.8, 4) is 33.5 Å². The Morgan fingerprint density at radius 3 is 1.47 bits per heavy atom. The molecule has 7 aromatic carbocycles. The summed E-state index contributed by atoms with van der Waals surface area (Å²) in [6.07, 6.45) is 3.84. The molecular weight excluding hydrogens is 593 g/mol. The second-order valence-corrected chi connectivity index (χ2v) is 12.8. The first-order chi connectivity index (χ1) is 24.4. The lowest BCUT2D eigenvalue weighted by Gasteiger charge is -2.34. The molecule has 0 aliphatic heterocycles. The van der Waals surface area contributed by atoms with Gasteiger partial charge in [0.2, 0.25) is 0 Å². The molecule has 10 rings (SSSR count). The average molecular weight is 623 g/mol. The zero-order valence-electron chi connectivity index (χ0n) is 26.7. The van der Waals surface area contributed by atoms with Gasteiger partial charge in [-0.15, -0.1) is 0 Å². The fourth-order valence-corrected chi connectivity index (χ4v) is 8.54. The van der Waals surface area contributed by atoms with E-state index in [4.69, 9.17) is 9.97 Å². The zero-order valence-corrected chi connectivity index (χ0v) is 26.7. The van der Waals surface area contributed by atoms with Crippen molar-refractivity contribution in [2.45, 2.75) is 5.41 Å². The molecular formula is C47H30N2. The fraction of sp³-hybridized carbons (Fsp3) is 0.0213. The molecule has 0 fully saturated rings. The van der Waals surface area contributed by atoms with E-state index in [0.29, 0.717) is 0 Å². The minimum Gasteiger partial charge on any atom is -0.256 e. The number of hydrogen-bond acceptors (Lipinski definition) is 2. The van der Waals surface area contributed by atoms with E-state index in [1.165, 1.54) is 66.1 Å². The standard InChI is InChI=1S/C47H30N2/c1-4-16-31(17-5-1)42-34-22-10-12-24-36(34)43(37-25-13-11-23-35(37)42)39-30-41-44(45-38(39)26-14-28-48-45)46-40(27-15-29-49-46)47(41,32-18-6-2-7-19-32)33-20-8-3-9-21-33/h1-30H. The van der Waals surface area contributed by atoms with Crippen molar-refractivity contribution in [3.63, 3.8) is 0 Å². The highest BCUT2D eigenvalue weighted by Crippen LogP contribution is 2.58. The summed E-state index contributed by atoms with van der Waals surface area (Å²) in [4.78, 5) is 10.3. The highest BCUT2D eigenvalue weighted by molar-refractivity contribution is 6.24. The lowest BCUT2D eigenvalue weighted by Crippen LogP contribution is -2.28. The van der Waals surface area contributed by atoms with Crippen LogP contribution < -0.4 is 0 Å². The van der Waals surface area contributed by atoms with Crippen molar-refractivity contribution in [2.24, 2.45) is 0 Å². The first-order valence-corrected chi connectivity index (χ1v) is 16.8. The highest BCUT2D eigenvalue weighted by atomic mass is 14.7. The first kappa shape index (κ1) is 27.7. The number of rotatable bonds is 4. The van der Waals surface area contributed by atoms with Gasteiger partial charge < -0.3 is 0 Å². The van der Waals surface area contributed by atoms with Crippen LogP contribution in [0.2, 0.25) is 0 Å². The Balaban J connectivity index is 1.42. The predicted octanol–water partition coefficient (Wildman–Crippen LogP) is 11.6. The Labute approximate surface area is 285 Å². The van der Waals surface area contributed by atoms with Crippen molar-refractivity contribution in [1.29, 1.82) is 0 Å². The minimum absolute atomic E-state index is 0.586. The summed E-state index contributed by atoms with van der Waals surface area (Å²) in [5, 5.41) is 6.05. The summed E-state index contributed by atoms with van der Waals surface area (Å²) >= 11 is 0. The van der Waals surface area contributed by atoms with E-state index in [-0.39, 0.29) is 0 Å². The van der Waals surface area contributed by atoms with Crippen molar-refractivity contribution in [1.82, 2.24) is 9.97 Å². The summed E-state index contributed by atoms with van der Waals surface area (Å²) in [7, 11) is 0. The van der Waals surface area contributed by atoms with E-state index >= 15 is 0 Å². The summed E-state index contributed by atoms with van der Waals surface area (Å²) < 4.78 is 0. The summed E-state index contributed by atoms with van der Waals surface area (Å²) in [5.41, 5.74) is 12.2. The lowest BCUT2D eigenvalue weighted by molar-refractivity contribution is 0.767. The number of benzene rings is 7. The number of nitrogens with zero attached hydrogens (tertiary/aromatic N) is 2. The third kappa shape index (κ3) is 3.89. The molecule has 0 radical (unpaired) electrons. The molecule has 2 aromatic heterocycles. The maximum atomic E-state index is 5.18. The zero-order chi connectivity index (χ0) is 32.4. The Kier molecular flexibility index (Phi) is 6.13. The van der Waals surface area contributed by atoms with Crippen LogP contribution in [0.4, 0.5) is 0 Å². The van der Waals surface area contributed by atoms with E-state index in [2.05, 4.69) is 170 Å². The molecule has 0 unspecified atom stereocenters. The molecule has 228 valence electrons.